The Labute approximate surface area is 102 Å². The van der Waals surface area contributed by atoms with Crippen LogP contribution in [0.4, 0.5) is 5.69 Å². The Kier molecular flexibility index (Phi) is 3.98. The Hall–Kier alpha value is -1.01. The monoisotopic (exact) mass is 236 g/mol. The molecule has 1 aromatic rings. The number of thiophene rings is 1. The van der Waals surface area contributed by atoms with Crippen LogP contribution in [0.15, 0.2) is 0 Å². The van der Waals surface area contributed by atoms with Crippen molar-refractivity contribution in [1.29, 1.82) is 5.26 Å². The smallest absolute Gasteiger partial charge is 0.128 e. The van der Waals surface area contributed by atoms with Gasteiger partial charge in [0.05, 0.1) is 5.69 Å². The fourth-order valence-electron chi connectivity index (χ4n) is 1.77. The minimum atomic E-state index is 0.123. The van der Waals surface area contributed by atoms with E-state index in [2.05, 4.69) is 33.8 Å². The predicted molar refractivity (Wildman–Crippen MR) is 70.8 cm³/mol. The van der Waals surface area contributed by atoms with Crippen LogP contribution < -0.4 is 5.73 Å². The number of rotatable bonds is 4. The first kappa shape index (κ1) is 13.1. The molecule has 2 N–H and O–H groups in total. The van der Waals surface area contributed by atoms with E-state index in [9.17, 15) is 0 Å². The highest BCUT2D eigenvalue weighted by molar-refractivity contribution is 7.13. The van der Waals surface area contributed by atoms with Crippen molar-refractivity contribution >= 4 is 17.0 Å². The second-order valence-electron chi connectivity index (χ2n) is 4.75. The zero-order chi connectivity index (χ0) is 12.3. The third-order valence-corrected chi connectivity index (χ3v) is 4.67. The molecule has 0 bridgehead atoms. The lowest BCUT2D eigenvalue weighted by atomic mass is 9.85. The van der Waals surface area contributed by atoms with Crippen molar-refractivity contribution in [2.75, 3.05) is 5.73 Å². The molecule has 16 heavy (non-hydrogen) atoms. The summed E-state index contributed by atoms with van der Waals surface area (Å²) < 4.78 is 0. The molecule has 0 aliphatic rings. The molecule has 0 aliphatic heterocycles. The molecule has 1 aromatic heterocycles. The van der Waals surface area contributed by atoms with Crippen LogP contribution in [0.1, 0.15) is 55.9 Å². The van der Waals surface area contributed by atoms with Gasteiger partial charge in [0.1, 0.15) is 10.9 Å². The summed E-state index contributed by atoms with van der Waals surface area (Å²) in [5.41, 5.74) is 8.08. The van der Waals surface area contributed by atoms with E-state index in [0.717, 1.165) is 19.3 Å². The van der Waals surface area contributed by atoms with Gasteiger partial charge >= 0.3 is 0 Å². The summed E-state index contributed by atoms with van der Waals surface area (Å²) in [4.78, 5) is 1.98. The minimum Gasteiger partial charge on any atom is -0.397 e. The third-order valence-electron chi connectivity index (χ3n) is 3.15. The van der Waals surface area contributed by atoms with Crippen LogP contribution in [0.2, 0.25) is 0 Å². The number of nitriles is 1. The molecule has 0 spiro atoms. The van der Waals surface area contributed by atoms with Crippen LogP contribution in [-0.4, -0.2) is 0 Å². The third kappa shape index (κ3) is 2.22. The first-order chi connectivity index (χ1) is 7.47. The van der Waals surface area contributed by atoms with Crippen LogP contribution in [0.5, 0.6) is 0 Å². The van der Waals surface area contributed by atoms with Gasteiger partial charge in [0.15, 0.2) is 0 Å². The molecule has 0 saturated heterocycles. The van der Waals surface area contributed by atoms with E-state index in [0.29, 0.717) is 10.6 Å². The molecule has 0 fully saturated rings. The normalized spacial score (nSPS) is 11.4. The maximum absolute atomic E-state index is 9.04. The molecule has 3 heteroatoms. The number of nitrogens with zero attached hydrogens (tertiary/aromatic N) is 1. The van der Waals surface area contributed by atoms with Gasteiger partial charge in [-0.25, -0.2) is 0 Å². The summed E-state index contributed by atoms with van der Waals surface area (Å²) in [6.45, 7) is 8.76. The Bertz CT molecular complexity index is 410. The molecule has 0 saturated carbocycles. The first-order valence-corrected chi connectivity index (χ1v) is 6.61. The second kappa shape index (κ2) is 4.88. The van der Waals surface area contributed by atoms with Crippen molar-refractivity contribution in [3.63, 3.8) is 0 Å². The van der Waals surface area contributed by atoms with Crippen LogP contribution in [0.25, 0.3) is 0 Å². The number of hydrogen-bond acceptors (Lipinski definition) is 3. The maximum atomic E-state index is 9.04. The van der Waals surface area contributed by atoms with E-state index in [4.69, 9.17) is 11.0 Å². The van der Waals surface area contributed by atoms with Gasteiger partial charge in [-0.05, 0) is 23.8 Å². The van der Waals surface area contributed by atoms with E-state index in [1.807, 2.05) is 0 Å². The lowest BCUT2D eigenvalue weighted by Crippen LogP contribution is -2.16. The molecule has 88 valence electrons. The highest BCUT2D eigenvalue weighted by Crippen LogP contribution is 2.40. The fourth-order valence-corrected chi connectivity index (χ4v) is 3.01. The van der Waals surface area contributed by atoms with Crippen molar-refractivity contribution in [3.8, 4) is 6.07 Å². The van der Waals surface area contributed by atoms with Gasteiger partial charge in [-0.15, -0.1) is 11.3 Å². The minimum absolute atomic E-state index is 0.123. The lowest BCUT2D eigenvalue weighted by Gasteiger charge is -2.23. The standard InChI is InChI=1S/C13H20N2S/c1-5-7-9-11(15)10(8-14)16-12(9)13(3,4)6-2/h5-7,15H2,1-4H3. The van der Waals surface area contributed by atoms with Gasteiger partial charge in [-0.2, -0.15) is 5.26 Å². The molecular weight excluding hydrogens is 216 g/mol. The molecule has 1 heterocycles. The van der Waals surface area contributed by atoms with E-state index in [1.54, 1.807) is 11.3 Å². The summed E-state index contributed by atoms with van der Waals surface area (Å²) in [5, 5.41) is 9.04. The van der Waals surface area contributed by atoms with Crippen LogP contribution in [0.3, 0.4) is 0 Å². The van der Waals surface area contributed by atoms with Crippen LogP contribution >= 0.6 is 11.3 Å². The largest absolute Gasteiger partial charge is 0.397 e. The van der Waals surface area contributed by atoms with Gasteiger partial charge in [-0.1, -0.05) is 34.1 Å². The van der Waals surface area contributed by atoms with Crippen molar-refractivity contribution < 1.29 is 0 Å². The number of hydrogen-bond donors (Lipinski definition) is 1. The van der Waals surface area contributed by atoms with Crippen molar-refractivity contribution in [2.45, 2.75) is 52.4 Å². The highest BCUT2D eigenvalue weighted by atomic mass is 32.1. The Morgan fingerprint density at radius 1 is 1.38 bits per heavy atom. The Morgan fingerprint density at radius 2 is 2.00 bits per heavy atom. The molecule has 0 aromatic carbocycles. The molecular formula is C13H20N2S. The molecule has 1 rings (SSSR count). The summed E-state index contributed by atoms with van der Waals surface area (Å²) >= 11 is 1.57. The van der Waals surface area contributed by atoms with Crippen molar-refractivity contribution in [3.05, 3.63) is 15.3 Å². The zero-order valence-electron chi connectivity index (χ0n) is 10.6. The van der Waals surface area contributed by atoms with Crippen LogP contribution in [-0.2, 0) is 11.8 Å². The molecule has 0 radical (unpaired) electrons. The summed E-state index contributed by atoms with van der Waals surface area (Å²) in [6, 6.07) is 2.20. The molecule has 0 amide bonds. The van der Waals surface area contributed by atoms with E-state index >= 15 is 0 Å². The van der Waals surface area contributed by atoms with Gasteiger partial charge in [0, 0.05) is 4.88 Å². The summed E-state index contributed by atoms with van der Waals surface area (Å²) in [7, 11) is 0. The summed E-state index contributed by atoms with van der Waals surface area (Å²) in [5.74, 6) is 0. The molecule has 2 nitrogen and oxygen atoms in total. The van der Waals surface area contributed by atoms with Gasteiger partial charge in [0.2, 0.25) is 0 Å². The second-order valence-corrected chi connectivity index (χ2v) is 5.77. The predicted octanol–water partition coefficient (Wildman–Crippen LogP) is 3.84. The Balaban J connectivity index is 3.33. The SMILES string of the molecule is CCCc1c(C(C)(C)CC)sc(C#N)c1N. The van der Waals surface area contributed by atoms with Gasteiger partial charge < -0.3 is 5.73 Å². The van der Waals surface area contributed by atoms with E-state index < -0.39 is 0 Å². The van der Waals surface area contributed by atoms with Crippen molar-refractivity contribution in [1.82, 2.24) is 0 Å². The molecule has 0 atom stereocenters. The van der Waals surface area contributed by atoms with Gasteiger partial charge in [-0.3, -0.25) is 0 Å². The lowest BCUT2D eigenvalue weighted by molar-refractivity contribution is 0.512. The number of nitrogen functional groups attached to an aromatic ring is 1. The van der Waals surface area contributed by atoms with E-state index in [1.165, 1.54) is 10.4 Å². The first-order valence-electron chi connectivity index (χ1n) is 5.79. The maximum Gasteiger partial charge on any atom is 0.128 e. The average Bonchev–Trinajstić information content (AvgIpc) is 2.58. The highest BCUT2D eigenvalue weighted by Gasteiger charge is 2.26. The van der Waals surface area contributed by atoms with E-state index in [-0.39, 0.29) is 5.41 Å². The number of anilines is 1. The molecule has 0 aliphatic carbocycles. The summed E-state index contributed by atoms with van der Waals surface area (Å²) in [6.07, 6.45) is 3.11. The zero-order valence-corrected chi connectivity index (χ0v) is 11.4. The quantitative estimate of drug-likeness (QED) is 0.863. The topological polar surface area (TPSA) is 49.8 Å². The number of nitrogens with two attached hydrogens (primary N) is 1. The average molecular weight is 236 g/mol. The fraction of sp³-hybridized carbons (Fsp3) is 0.615. The van der Waals surface area contributed by atoms with Crippen LogP contribution in [0, 0.1) is 11.3 Å². The Morgan fingerprint density at radius 3 is 2.44 bits per heavy atom. The molecule has 0 unspecified atom stereocenters. The van der Waals surface area contributed by atoms with Gasteiger partial charge in [0.25, 0.3) is 0 Å². The van der Waals surface area contributed by atoms with Crippen molar-refractivity contribution in [2.24, 2.45) is 0 Å².